The molecule has 0 saturated heterocycles. The van der Waals surface area contributed by atoms with E-state index in [4.69, 9.17) is 16.3 Å². The molecule has 0 aliphatic heterocycles. The maximum atomic E-state index is 11.0. The van der Waals surface area contributed by atoms with Gasteiger partial charge in [0, 0.05) is 24.5 Å². The lowest BCUT2D eigenvalue weighted by atomic mass is 10.2. The predicted molar refractivity (Wildman–Crippen MR) is 65.6 cm³/mol. The Morgan fingerprint density at radius 1 is 1.31 bits per heavy atom. The summed E-state index contributed by atoms with van der Waals surface area (Å²) in [5.74, 6) is 0.301. The van der Waals surface area contributed by atoms with Crippen LogP contribution in [0.15, 0.2) is 24.3 Å². The minimum Gasteiger partial charge on any atom is -0.377 e. The van der Waals surface area contributed by atoms with Gasteiger partial charge in [-0.3, -0.25) is 4.79 Å². The minimum absolute atomic E-state index is 0.301. The SMILES string of the molecule is CCC(=O)CCCOCc1ccc(Cl)cc1. The van der Waals surface area contributed by atoms with Crippen molar-refractivity contribution >= 4 is 17.4 Å². The van der Waals surface area contributed by atoms with Gasteiger partial charge in [0.05, 0.1) is 6.61 Å². The average molecular weight is 241 g/mol. The monoisotopic (exact) mass is 240 g/mol. The van der Waals surface area contributed by atoms with E-state index in [2.05, 4.69) is 0 Å². The highest BCUT2D eigenvalue weighted by Crippen LogP contribution is 2.10. The van der Waals surface area contributed by atoms with Crippen LogP contribution >= 0.6 is 11.6 Å². The lowest BCUT2D eigenvalue weighted by molar-refractivity contribution is -0.119. The van der Waals surface area contributed by atoms with E-state index < -0.39 is 0 Å². The number of carbonyl (C=O) groups is 1. The number of ketones is 1. The highest BCUT2D eigenvalue weighted by Gasteiger charge is 1.98. The first kappa shape index (κ1) is 13.2. The Morgan fingerprint density at radius 3 is 2.62 bits per heavy atom. The molecular weight excluding hydrogens is 224 g/mol. The highest BCUT2D eigenvalue weighted by atomic mass is 35.5. The van der Waals surface area contributed by atoms with Crippen molar-refractivity contribution < 1.29 is 9.53 Å². The van der Waals surface area contributed by atoms with Crippen LogP contribution in [-0.4, -0.2) is 12.4 Å². The molecule has 1 rings (SSSR count). The van der Waals surface area contributed by atoms with E-state index in [1.165, 1.54) is 0 Å². The van der Waals surface area contributed by atoms with Crippen LogP contribution in [0.3, 0.4) is 0 Å². The molecule has 0 saturated carbocycles. The molecule has 88 valence electrons. The summed E-state index contributed by atoms with van der Waals surface area (Å²) < 4.78 is 5.46. The van der Waals surface area contributed by atoms with Gasteiger partial charge in [0.2, 0.25) is 0 Å². The topological polar surface area (TPSA) is 26.3 Å². The molecule has 0 atom stereocenters. The van der Waals surface area contributed by atoms with Gasteiger partial charge in [0.15, 0.2) is 0 Å². The maximum absolute atomic E-state index is 11.0. The Bertz CT molecular complexity index is 319. The van der Waals surface area contributed by atoms with Gasteiger partial charge < -0.3 is 4.74 Å². The fourth-order valence-corrected chi connectivity index (χ4v) is 1.44. The zero-order valence-electron chi connectivity index (χ0n) is 9.54. The number of benzene rings is 1. The van der Waals surface area contributed by atoms with Crippen molar-refractivity contribution in [2.75, 3.05) is 6.61 Å². The summed E-state index contributed by atoms with van der Waals surface area (Å²) >= 11 is 5.77. The molecule has 0 bridgehead atoms. The number of hydrogen-bond donors (Lipinski definition) is 0. The lowest BCUT2D eigenvalue weighted by Crippen LogP contribution is -2.00. The van der Waals surface area contributed by atoms with Crippen molar-refractivity contribution in [2.24, 2.45) is 0 Å². The fourth-order valence-electron chi connectivity index (χ4n) is 1.32. The molecule has 0 amide bonds. The van der Waals surface area contributed by atoms with E-state index >= 15 is 0 Å². The summed E-state index contributed by atoms with van der Waals surface area (Å²) in [7, 11) is 0. The fraction of sp³-hybridized carbons (Fsp3) is 0.462. The van der Waals surface area contributed by atoms with Gasteiger partial charge in [-0.1, -0.05) is 30.7 Å². The molecule has 0 aliphatic rings. The number of rotatable bonds is 7. The predicted octanol–water partition coefficient (Wildman–Crippen LogP) is 3.62. The number of halogens is 1. The van der Waals surface area contributed by atoms with Gasteiger partial charge >= 0.3 is 0 Å². The van der Waals surface area contributed by atoms with Gasteiger partial charge in [0.25, 0.3) is 0 Å². The molecule has 0 spiro atoms. The van der Waals surface area contributed by atoms with Crippen LogP contribution in [0, 0.1) is 0 Å². The van der Waals surface area contributed by atoms with E-state index in [1.807, 2.05) is 31.2 Å². The first-order valence-electron chi connectivity index (χ1n) is 5.56. The average Bonchev–Trinajstić information content (AvgIpc) is 2.31. The third kappa shape index (κ3) is 5.29. The van der Waals surface area contributed by atoms with E-state index in [-0.39, 0.29) is 0 Å². The zero-order chi connectivity index (χ0) is 11.8. The quantitative estimate of drug-likeness (QED) is 0.681. The molecule has 0 radical (unpaired) electrons. The molecule has 0 N–H and O–H groups in total. The molecule has 0 heterocycles. The Morgan fingerprint density at radius 2 is 2.00 bits per heavy atom. The Balaban J connectivity index is 2.11. The van der Waals surface area contributed by atoms with Crippen LogP contribution in [0.5, 0.6) is 0 Å². The summed E-state index contributed by atoms with van der Waals surface area (Å²) in [5.41, 5.74) is 1.10. The number of hydrogen-bond acceptors (Lipinski definition) is 2. The summed E-state index contributed by atoms with van der Waals surface area (Å²) in [5, 5.41) is 0.734. The van der Waals surface area contributed by atoms with Gasteiger partial charge in [-0.2, -0.15) is 0 Å². The molecule has 16 heavy (non-hydrogen) atoms. The molecule has 1 aromatic rings. The Kier molecular flexibility index (Phi) is 6.12. The maximum Gasteiger partial charge on any atom is 0.132 e. The summed E-state index contributed by atoms with van der Waals surface area (Å²) in [6.07, 6.45) is 2.05. The first-order valence-corrected chi connectivity index (χ1v) is 5.94. The van der Waals surface area contributed by atoms with Crippen LogP contribution in [0.2, 0.25) is 5.02 Å². The Labute approximate surface area is 102 Å². The van der Waals surface area contributed by atoms with Crippen molar-refractivity contribution in [1.82, 2.24) is 0 Å². The van der Waals surface area contributed by atoms with Crippen LogP contribution in [0.4, 0.5) is 0 Å². The highest BCUT2D eigenvalue weighted by molar-refractivity contribution is 6.30. The van der Waals surface area contributed by atoms with Crippen molar-refractivity contribution in [2.45, 2.75) is 32.8 Å². The zero-order valence-corrected chi connectivity index (χ0v) is 10.3. The second-order valence-corrected chi connectivity index (χ2v) is 4.11. The number of ether oxygens (including phenoxy) is 1. The van der Waals surface area contributed by atoms with Gasteiger partial charge in [-0.15, -0.1) is 0 Å². The molecule has 1 aromatic carbocycles. The first-order chi connectivity index (χ1) is 7.72. The normalized spacial score (nSPS) is 10.4. The second kappa shape index (κ2) is 7.42. The molecule has 0 unspecified atom stereocenters. The van der Waals surface area contributed by atoms with Crippen molar-refractivity contribution in [1.29, 1.82) is 0 Å². The summed E-state index contributed by atoms with van der Waals surface area (Å²) in [4.78, 5) is 11.0. The molecule has 0 aromatic heterocycles. The van der Waals surface area contributed by atoms with Crippen LogP contribution in [-0.2, 0) is 16.1 Å². The van der Waals surface area contributed by atoms with Gasteiger partial charge in [0.1, 0.15) is 5.78 Å². The summed E-state index contributed by atoms with van der Waals surface area (Å²) in [6.45, 7) is 3.10. The molecule has 0 fully saturated rings. The molecule has 3 heteroatoms. The number of Topliss-reactive ketones (excluding diaryl/α,β-unsaturated/α-hetero) is 1. The van der Waals surface area contributed by atoms with Crippen molar-refractivity contribution in [3.8, 4) is 0 Å². The van der Waals surface area contributed by atoms with Crippen LogP contribution in [0.25, 0.3) is 0 Å². The number of carbonyl (C=O) groups excluding carboxylic acids is 1. The van der Waals surface area contributed by atoms with E-state index in [1.54, 1.807) is 0 Å². The molecule has 0 aliphatic carbocycles. The molecular formula is C13H17ClO2. The smallest absolute Gasteiger partial charge is 0.132 e. The molecule has 2 nitrogen and oxygen atoms in total. The van der Waals surface area contributed by atoms with Gasteiger partial charge in [-0.05, 0) is 24.1 Å². The largest absolute Gasteiger partial charge is 0.377 e. The van der Waals surface area contributed by atoms with E-state index in [0.29, 0.717) is 31.8 Å². The third-order valence-electron chi connectivity index (χ3n) is 2.32. The van der Waals surface area contributed by atoms with Crippen LogP contribution in [0.1, 0.15) is 31.7 Å². The van der Waals surface area contributed by atoms with E-state index in [0.717, 1.165) is 17.0 Å². The second-order valence-electron chi connectivity index (χ2n) is 3.67. The third-order valence-corrected chi connectivity index (χ3v) is 2.57. The Hall–Kier alpha value is -0.860. The van der Waals surface area contributed by atoms with E-state index in [9.17, 15) is 4.79 Å². The van der Waals surface area contributed by atoms with Crippen molar-refractivity contribution in [3.05, 3.63) is 34.9 Å². The van der Waals surface area contributed by atoms with Crippen molar-refractivity contribution in [3.63, 3.8) is 0 Å². The van der Waals surface area contributed by atoms with Crippen LogP contribution < -0.4 is 0 Å². The minimum atomic E-state index is 0.301. The lowest BCUT2D eigenvalue weighted by Gasteiger charge is -2.03. The summed E-state index contributed by atoms with van der Waals surface area (Å²) in [6, 6.07) is 7.58. The van der Waals surface area contributed by atoms with Gasteiger partial charge in [-0.25, -0.2) is 0 Å². The standard InChI is InChI=1S/C13H17ClO2/c1-2-13(15)4-3-9-16-10-11-5-7-12(14)8-6-11/h5-8H,2-4,9-10H2,1H3.